The lowest BCUT2D eigenvalue weighted by Gasteiger charge is -2.34. The van der Waals surface area contributed by atoms with E-state index in [1.54, 1.807) is 13.8 Å². The summed E-state index contributed by atoms with van der Waals surface area (Å²) < 4.78 is 5.64. The summed E-state index contributed by atoms with van der Waals surface area (Å²) in [6.45, 7) is 5.76. The number of likely N-dealkylation sites (tertiary alicyclic amines) is 1. The van der Waals surface area contributed by atoms with Crippen LogP contribution in [-0.4, -0.2) is 54.5 Å². The maximum absolute atomic E-state index is 12.3. The van der Waals surface area contributed by atoms with Gasteiger partial charge >= 0.3 is 0 Å². The van der Waals surface area contributed by atoms with Crippen LogP contribution in [0.5, 0.6) is 0 Å². The number of piperidine rings is 1. The summed E-state index contributed by atoms with van der Waals surface area (Å²) in [5, 5.41) is 0. The molecule has 0 aromatic heterocycles. The van der Waals surface area contributed by atoms with Gasteiger partial charge < -0.3 is 26.8 Å². The van der Waals surface area contributed by atoms with Gasteiger partial charge in [-0.25, -0.2) is 0 Å². The minimum absolute atomic E-state index is 0.0825. The van der Waals surface area contributed by atoms with E-state index >= 15 is 0 Å². The normalized spacial score (nSPS) is 18.2. The molecule has 6 N–H and O–H groups in total. The predicted octanol–water partition coefficient (Wildman–Crippen LogP) is -0.0508. The van der Waals surface area contributed by atoms with Gasteiger partial charge in [-0.3, -0.25) is 14.6 Å². The molecule has 0 aromatic carbocycles. The Kier molecular flexibility index (Phi) is 7.97. The molecule has 0 unspecified atom stereocenters. The van der Waals surface area contributed by atoms with E-state index in [1.165, 1.54) is 0 Å². The first-order valence-electron chi connectivity index (χ1n) is 8.49. The minimum atomic E-state index is -0.975. The quantitative estimate of drug-likeness (QED) is 0.307. The molecule has 0 aromatic rings. The second-order valence-electron chi connectivity index (χ2n) is 6.80. The Balaban J connectivity index is 2.33. The standard InChI is InChI=1S/C16H31N5O3/c1-16(2,14(17)23)24-11-12-6-5-9-21(10-12)13(22)7-3-4-8-20-15(18)19/h12H,3-11H2,1-2H3,(H2,17,23)(H4,18,19,20)/t12-/m1/s1. The van der Waals surface area contributed by atoms with Crippen LogP contribution in [0.15, 0.2) is 4.99 Å². The number of primary amides is 1. The van der Waals surface area contributed by atoms with Gasteiger partial charge in [0.15, 0.2) is 5.96 Å². The largest absolute Gasteiger partial charge is 0.370 e. The first-order chi connectivity index (χ1) is 11.2. The van der Waals surface area contributed by atoms with Crippen molar-refractivity contribution in [1.82, 2.24) is 4.90 Å². The summed E-state index contributed by atoms with van der Waals surface area (Å²) in [4.78, 5) is 29.3. The number of hydrogen-bond donors (Lipinski definition) is 3. The predicted molar refractivity (Wildman–Crippen MR) is 93.1 cm³/mol. The highest BCUT2D eigenvalue weighted by atomic mass is 16.5. The number of nitrogens with two attached hydrogens (primary N) is 3. The molecule has 0 saturated carbocycles. The summed E-state index contributed by atoms with van der Waals surface area (Å²) in [6.07, 6.45) is 3.99. The number of hydrogen-bond acceptors (Lipinski definition) is 4. The Hall–Kier alpha value is -1.83. The Morgan fingerprint density at radius 1 is 1.25 bits per heavy atom. The molecular weight excluding hydrogens is 310 g/mol. The average Bonchev–Trinajstić information content (AvgIpc) is 2.52. The first-order valence-corrected chi connectivity index (χ1v) is 8.49. The molecule has 1 heterocycles. The van der Waals surface area contributed by atoms with Crippen molar-refractivity contribution in [3.8, 4) is 0 Å². The lowest BCUT2D eigenvalue weighted by atomic mass is 9.98. The van der Waals surface area contributed by atoms with E-state index in [0.29, 0.717) is 26.1 Å². The third kappa shape index (κ3) is 7.16. The van der Waals surface area contributed by atoms with Crippen LogP contribution < -0.4 is 17.2 Å². The van der Waals surface area contributed by atoms with Gasteiger partial charge in [-0.05, 0) is 45.4 Å². The number of nitrogens with zero attached hydrogens (tertiary/aromatic N) is 2. The molecule has 8 nitrogen and oxygen atoms in total. The number of carbonyl (C=O) groups excluding carboxylic acids is 2. The van der Waals surface area contributed by atoms with Crippen LogP contribution >= 0.6 is 0 Å². The fourth-order valence-corrected chi connectivity index (χ4v) is 2.58. The second-order valence-corrected chi connectivity index (χ2v) is 6.80. The Labute approximate surface area is 143 Å². The van der Waals surface area contributed by atoms with Gasteiger partial charge in [0, 0.05) is 26.1 Å². The van der Waals surface area contributed by atoms with E-state index in [9.17, 15) is 9.59 Å². The van der Waals surface area contributed by atoms with Crippen molar-refractivity contribution in [1.29, 1.82) is 0 Å². The van der Waals surface area contributed by atoms with Gasteiger partial charge in [-0.15, -0.1) is 0 Å². The second kappa shape index (κ2) is 9.46. The molecule has 24 heavy (non-hydrogen) atoms. The zero-order valence-corrected chi connectivity index (χ0v) is 14.8. The van der Waals surface area contributed by atoms with Crippen molar-refractivity contribution in [2.45, 2.75) is 51.6 Å². The third-order valence-electron chi connectivity index (χ3n) is 4.24. The maximum Gasteiger partial charge on any atom is 0.249 e. The molecule has 2 amide bonds. The van der Waals surface area contributed by atoms with Crippen molar-refractivity contribution >= 4 is 17.8 Å². The van der Waals surface area contributed by atoms with Gasteiger partial charge in [0.1, 0.15) is 5.60 Å². The summed E-state index contributed by atoms with van der Waals surface area (Å²) in [7, 11) is 0. The fourth-order valence-electron chi connectivity index (χ4n) is 2.58. The van der Waals surface area contributed by atoms with E-state index in [-0.39, 0.29) is 17.8 Å². The Morgan fingerprint density at radius 2 is 1.96 bits per heavy atom. The van der Waals surface area contributed by atoms with Crippen molar-refractivity contribution in [2.75, 3.05) is 26.2 Å². The Bertz CT molecular complexity index is 461. The molecule has 1 fully saturated rings. The van der Waals surface area contributed by atoms with E-state index in [0.717, 1.165) is 32.2 Å². The van der Waals surface area contributed by atoms with E-state index < -0.39 is 11.5 Å². The maximum atomic E-state index is 12.3. The number of amides is 2. The number of carbonyl (C=O) groups is 2. The average molecular weight is 341 g/mol. The van der Waals surface area contributed by atoms with E-state index in [2.05, 4.69) is 4.99 Å². The third-order valence-corrected chi connectivity index (χ3v) is 4.24. The summed E-state index contributed by atoms with van der Waals surface area (Å²) >= 11 is 0. The van der Waals surface area contributed by atoms with Crippen LogP contribution in [0.25, 0.3) is 0 Å². The zero-order chi connectivity index (χ0) is 18.2. The van der Waals surface area contributed by atoms with E-state index in [1.807, 2.05) is 4.90 Å². The monoisotopic (exact) mass is 341 g/mol. The van der Waals surface area contributed by atoms with Crippen LogP contribution in [0.3, 0.4) is 0 Å². The van der Waals surface area contributed by atoms with Gasteiger partial charge in [-0.2, -0.15) is 0 Å². The summed E-state index contributed by atoms with van der Waals surface area (Å²) in [6, 6.07) is 0. The number of aliphatic imine (C=N–C) groups is 1. The van der Waals surface area contributed by atoms with Crippen LogP contribution in [0, 0.1) is 5.92 Å². The molecular formula is C16H31N5O3. The van der Waals surface area contributed by atoms with Crippen LogP contribution in [0.4, 0.5) is 0 Å². The van der Waals surface area contributed by atoms with Crippen LogP contribution in [0.1, 0.15) is 46.0 Å². The number of rotatable bonds is 9. The molecule has 0 bridgehead atoms. The van der Waals surface area contributed by atoms with Gasteiger partial charge in [0.05, 0.1) is 6.61 Å². The first kappa shape index (κ1) is 20.2. The lowest BCUT2D eigenvalue weighted by Crippen LogP contribution is -2.45. The summed E-state index contributed by atoms with van der Waals surface area (Å²) in [5.74, 6) is -0.00683. The highest BCUT2D eigenvalue weighted by Crippen LogP contribution is 2.20. The lowest BCUT2D eigenvalue weighted by molar-refractivity contribution is -0.143. The van der Waals surface area contributed by atoms with Gasteiger partial charge in [0.2, 0.25) is 11.8 Å². The molecule has 138 valence electrons. The SMILES string of the molecule is CC(C)(OC[C@@H]1CCCN(C(=O)CCCCN=C(N)N)C1)C(N)=O. The molecule has 1 rings (SSSR count). The van der Waals surface area contributed by atoms with Crippen LogP contribution in [0.2, 0.25) is 0 Å². The zero-order valence-electron chi connectivity index (χ0n) is 14.8. The molecule has 8 heteroatoms. The highest BCUT2D eigenvalue weighted by molar-refractivity contribution is 5.82. The molecule has 0 radical (unpaired) electrons. The van der Waals surface area contributed by atoms with E-state index in [4.69, 9.17) is 21.9 Å². The van der Waals surface area contributed by atoms with Gasteiger partial charge in [0.25, 0.3) is 0 Å². The fraction of sp³-hybridized carbons (Fsp3) is 0.812. The molecule has 1 aliphatic heterocycles. The minimum Gasteiger partial charge on any atom is -0.370 e. The smallest absolute Gasteiger partial charge is 0.249 e. The molecule has 0 aliphatic carbocycles. The highest BCUT2D eigenvalue weighted by Gasteiger charge is 2.29. The van der Waals surface area contributed by atoms with Crippen molar-refractivity contribution in [3.05, 3.63) is 0 Å². The van der Waals surface area contributed by atoms with Crippen molar-refractivity contribution in [2.24, 2.45) is 28.1 Å². The number of unbranched alkanes of at least 4 members (excludes halogenated alkanes) is 1. The van der Waals surface area contributed by atoms with Crippen LogP contribution in [-0.2, 0) is 14.3 Å². The molecule has 1 saturated heterocycles. The molecule has 0 spiro atoms. The molecule has 1 aliphatic rings. The van der Waals surface area contributed by atoms with Gasteiger partial charge in [-0.1, -0.05) is 0 Å². The number of ether oxygens (including phenoxy) is 1. The topological polar surface area (TPSA) is 137 Å². The molecule has 1 atom stereocenters. The Morgan fingerprint density at radius 3 is 2.58 bits per heavy atom. The number of guanidine groups is 1. The summed E-state index contributed by atoms with van der Waals surface area (Å²) in [5.41, 5.74) is 14.8. The van der Waals surface area contributed by atoms with Crippen molar-refractivity contribution < 1.29 is 14.3 Å². The van der Waals surface area contributed by atoms with Crippen molar-refractivity contribution in [3.63, 3.8) is 0 Å².